The number of amides is 1. The third kappa shape index (κ3) is 2.77. The smallest absolute Gasteiger partial charge is 0.259 e. The highest BCUT2D eigenvalue weighted by Crippen LogP contribution is 2.28. The van der Waals surface area contributed by atoms with Gasteiger partial charge >= 0.3 is 0 Å². The minimum atomic E-state index is -1.04. The summed E-state index contributed by atoms with van der Waals surface area (Å²) >= 11 is 0. The van der Waals surface area contributed by atoms with Gasteiger partial charge in [-0.05, 0) is 25.5 Å². The molecule has 0 aliphatic carbocycles. The van der Waals surface area contributed by atoms with Crippen molar-refractivity contribution in [1.82, 2.24) is 15.0 Å². The molecule has 0 saturated carbocycles. The van der Waals surface area contributed by atoms with Crippen LogP contribution in [0, 0.1) is 29.9 Å². The first kappa shape index (κ1) is 15.1. The maximum absolute atomic E-state index is 13.9. The molecule has 2 aromatic rings. The first-order chi connectivity index (χ1) is 11.0. The van der Waals surface area contributed by atoms with Crippen molar-refractivity contribution in [2.75, 3.05) is 13.1 Å². The third-order valence-electron chi connectivity index (χ3n) is 3.75. The molecule has 1 aliphatic rings. The zero-order valence-electron chi connectivity index (χ0n) is 12.2. The maximum Gasteiger partial charge on any atom is 0.259 e. The fourth-order valence-electron chi connectivity index (χ4n) is 2.63. The van der Waals surface area contributed by atoms with Gasteiger partial charge in [0, 0.05) is 13.1 Å². The SMILES string of the molecule is Cc1noc([C@@H]2CCN(C(=O)c3c(F)cc(C#N)cc3F)C2)n1. The van der Waals surface area contributed by atoms with Gasteiger partial charge in [0.2, 0.25) is 5.89 Å². The molecule has 0 bridgehead atoms. The van der Waals surface area contributed by atoms with Gasteiger partial charge in [0.05, 0.1) is 17.6 Å². The van der Waals surface area contributed by atoms with E-state index in [9.17, 15) is 13.6 Å². The molecule has 1 atom stereocenters. The summed E-state index contributed by atoms with van der Waals surface area (Å²) in [6.07, 6.45) is 0.576. The van der Waals surface area contributed by atoms with Gasteiger partial charge in [-0.15, -0.1) is 0 Å². The molecule has 1 aromatic carbocycles. The molecule has 1 aromatic heterocycles. The van der Waals surface area contributed by atoms with Crippen LogP contribution in [-0.2, 0) is 0 Å². The molecular weight excluding hydrogens is 306 g/mol. The van der Waals surface area contributed by atoms with Crippen molar-refractivity contribution in [2.24, 2.45) is 0 Å². The van der Waals surface area contributed by atoms with Gasteiger partial charge in [0.1, 0.15) is 17.2 Å². The lowest BCUT2D eigenvalue weighted by molar-refractivity contribution is 0.0780. The second-order valence-electron chi connectivity index (χ2n) is 5.34. The van der Waals surface area contributed by atoms with Gasteiger partial charge in [-0.3, -0.25) is 4.79 Å². The molecule has 1 saturated heterocycles. The molecule has 0 N–H and O–H groups in total. The minimum absolute atomic E-state index is 0.148. The van der Waals surface area contributed by atoms with Crippen LogP contribution in [0.1, 0.15) is 40.0 Å². The number of benzene rings is 1. The normalized spacial score (nSPS) is 17.3. The second-order valence-corrected chi connectivity index (χ2v) is 5.34. The lowest BCUT2D eigenvalue weighted by atomic mass is 10.1. The van der Waals surface area contributed by atoms with E-state index in [1.54, 1.807) is 13.0 Å². The highest BCUT2D eigenvalue weighted by atomic mass is 19.1. The van der Waals surface area contributed by atoms with Gasteiger partial charge in [-0.1, -0.05) is 5.16 Å². The number of aryl methyl sites for hydroxylation is 1. The highest BCUT2D eigenvalue weighted by molar-refractivity contribution is 5.95. The van der Waals surface area contributed by atoms with Crippen molar-refractivity contribution in [1.29, 1.82) is 5.26 Å². The van der Waals surface area contributed by atoms with E-state index >= 15 is 0 Å². The highest BCUT2D eigenvalue weighted by Gasteiger charge is 2.33. The summed E-state index contributed by atoms with van der Waals surface area (Å²) in [5, 5.41) is 12.4. The monoisotopic (exact) mass is 318 g/mol. The van der Waals surface area contributed by atoms with Crippen molar-refractivity contribution >= 4 is 5.91 Å². The van der Waals surface area contributed by atoms with Crippen LogP contribution in [0.4, 0.5) is 8.78 Å². The van der Waals surface area contributed by atoms with Crippen molar-refractivity contribution in [3.63, 3.8) is 0 Å². The van der Waals surface area contributed by atoms with Crippen molar-refractivity contribution in [3.05, 3.63) is 46.6 Å². The van der Waals surface area contributed by atoms with Crippen molar-refractivity contribution < 1.29 is 18.1 Å². The first-order valence-electron chi connectivity index (χ1n) is 6.98. The predicted octanol–water partition coefficient (Wildman–Crippen LogP) is 2.16. The van der Waals surface area contributed by atoms with E-state index in [2.05, 4.69) is 10.1 Å². The minimum Gasteiger partial charge on any atom is -0.339 e. The average molecular weight is 318 g/mol. The number of carbonyl (C=O) groups is 1. The molecule has 1 fully saturated rings. The quantitative estimate of drug-likeness (QED) is 0.847. The number of aromatic nitrogens is 2. The zero-order chi connectivity index (χ0) is 16.6. The first-order valence-corrected chi connectivity index (χ1v) is 6.98. The van der Waals surface area contributed by atoms with Gasteiger partial charge in [0.15, 0.2) is 5.82 Å². The maximum atomic E-state index is 13.9. The average Bonchev–Trinajstić information content (AvgIpc) is 3.14. The number of nitriles is 1. The van der Waals surface area contributed by atoms with Crippen LogP contribution in [0.5, 0.6) is 0 Å². The Labute approximate surface area is 130 Å². The lowest BCUT2D eigenvalue weighted by Gasteiger charge is -2.16. The summed E-state index contributed by atoms with van der Waals surface area (Å²) in [4.78, 5) is 17.8. The van der Waals surface area contributed by atoms with E-state index in [0.717, 1.165) is 12.1 Å². The van der Waals surface area contributed by atoms with Gasteiger partial charge in [-0.25, -0.2) is 8.78 Å². The summed E-state index contributed by atoms with van der Waals surface area (Å²) in [6.45, 7) is 2.27. The van der Waals surface area contributed by atoms with E-state index in [4.69, 9.17) is 9.78 Å². The van der Waals surface area contributed by atoms with Crippen LogP contribution >= 0.6 is 0 Å². The Kier molecular flexibility index (Phi) is 3.78. The van der Waals surface area contributed by atoms with Gasteiger partial charge in [0.25, 0.3) is 5.91 Å². The van der Waals surface area contributed by atoms with Crippen LogP contribution in [0.15, 0.2) is 16.7 Å². The van der Waals surface area contributed by atoms with Crippen molar-refractivity contribution in [3.8, 4) is 6.07 Å². The topological polar surface area (TPSA) is 83.0 Å². The summed E-state index contributed by atoms with van der Waals surface area (Å²) in [5.74, 6) is -2.06. The van der Waals surface area contributed by atoms with Crippen LogP contribution < -0.4 is 0 Å². The Balaban J connectivity index is 1.81. The molecule has 8 heteroatoms. The Morgan fingerprint density at radius 2 is 2.13 bits per heavy atom. The van der Waals surface area contributed by atoms with Crippen LogP contribution in [0.25, 0.3) is 0 Å². The summed E-state index contributed by atoms with van der Waals surface area (Å²) in [7, 11) is 0. The second kappa shape index (κ2) is 5.76. The number of hydrogen-bond donors (Lipinski definition) is 0. The van der Waals surface area contributed by atoms with E-state index in [1.807, 2.05) is 0 Å². The Hall–Kier alpha value is -2.82. The number of nitrogens with zero attached hydrogens (tertiary/aromatic N) is 4. The molecule has 2 heterocycles. The fraction of sp³-hybridized carbons (Fsp3) is 0.333. The van der Waals surface area contributed by atoms with E-state index in [1.165, 1.54) is 4.90 Å². The molecule has 118 valence electrons. The molecule has 3 rings (SSSR count). The number of halogens is 2. The molecular formula is C15H12F2N4O2. The van der Waals surface area contributed by atoms with Crippen LogP contribution in [0.3, 0.4) is 0 Å². The number of rotatable bonds is 2. The molecule has 1 amide bonds. The Bertz CT molecular complexity index is 789. The summed E-state index contributed by atoms with van der Waals surface area (Å²) in [6, 6.07) is 3.35. The molecule has 0 unspecified atom stereocenters. The molecule has 0 spiro atoms. The molecule has 0 radical (unpaired) electrons. The standard InChI is InChI=1S/C15H12F2N4O2/c1-8-19-14(23-20-8)10-2-3-21(7-10)15(22)13-11(16)4-9(6-18)5-12(13)17/h4-5,10H,2-3,7H2,1H3/t10-/m1/s1. The third-order valence-corrected chi connectivity index (χ3v) is 3.75. The van der Waals surface area contributed by atoms with Crippen LogP contribution in [-0.4, -0.2) is 34.0 Å². The summed E-state index contributed by atoms with van der Waals surface area (Å²) < 4.78 is 33.0. The van der Waals surface area contributed by atoms with Gasteiger partial charge in [-0.2, -0.15) is 10.2 Å². The summed E-state index contributed by atoms with van der Waals surface area (Å²) in [5.41, 5.74) is -0.816. The van der Waals surface area contributed by atoms with Crippen molar-refractivity contribution in [2.45, 2.75) is 19.3 Å². The number of hydrogen-bond acceptors (Lipinski definition) is 5. The fourth-order valence-corrected chi connectivity index (χ4v) is 2.63. The predicted molar refractivity (Wildman–Crippen MR) is 73.4 cm³/mol. The van der Waals surface area contributed by atoms with E-state index in [0.29, 0.717) is 24.7 Å². The van der Waals surface area contributed by atoms with E-state index < -0.39 is 23.1 Å². The lowest BCUT2D eigenvalue weighted by Crippen LogP contribution is -2.30. The molecule has 1 aliphatic heterocycles. The largest absolute Gasteiger partial charge is 0.339 e. The number of carbonyl (C=O) groups excluding carboxylic acids is 1. The van der Waals surface area contributed by atoms with Gasteiger partial charge < -0.3 is 9.42 Å². The zero-order valence-corrected chi connectivity index (χ0v) is 12.2. The molecule has 23 heavy (non-hydrogen) atoms. The Morgan fingerprint density at radius 3 is 2.70 bits per heavy atom. The molecule has 6 nitrogen and oxygen atoms in total. The Morgan fingerprint density at radius 1 is 1.43 bits per heavy atom. The van der Waals surface area contributed by atoms with Crippen LogP contribution in [0.2, 0.25) is 0 Å². The number of likely N-dealkylation sites (tertiary alicyclic amines) is 1. The van der Waals surface area contributed by atoms with E-state index in [-0.39, 0.29) is 18.0 Å².